The summed E-state index contributed by atoms with van der Waals surface area (Å²) >= 11 is 1.76. The minimum absolute atomic E-state index is 0. The summed E-state index contributed by atoms with van der Waals surface area (Å²) in [4.78, 5) is 6.81. The van der Waals surface area contributed by atoms with Crippen LogP contribution in [0.25, 0.3) is 0 Å². The molecule has 1 atom stereocenters. The molecule has 2 rings (SSSR count). The molecule has 0 amide bonds. The fourth-order valence-electron chi connectivity index (χ4n) is 2.82. The van der Waals surface area contributed by atoms with Crippen molar-refractivity contribution in [3.05, 3.63) is 46.9 Å². The Morgan fingerprint density at radius 1 is 1.24 bits per heavy atom. The van der Waals surface area contributed by atoms with Crippen molar-refractivity contribution in [3.8, 4) is 0 Å². The standard InChI is InChI=1S/C18H29N5S.HI/c1-4-23(5-2)17(16-8-13-24-15-16)14-21-18(19-3)20-9-12-22-10-6-7-11-22;/h6-8,10-11,13,15,17H,4-5,9,12,14H2,1-3H3,(H2,19,20,21);1H. The molecule has 0 aliphatic carbocycles. The fraction of sp³-hybridized carbons (Fsp3) is 0.500. The van der Waals surface area contributed by atoms with Crippen molar-refractivity contribution in [1.82, 2.24) is 20.1 Å². The molecule has 0 aliphatic rings. The summed E-state index contributed by atoms with van der Waals surface area (Å²) in [5, 5.41) is 11.3. The molecule has 2 heterocycles. The van der Waals surface area contributed by atoms with Gasteiger partial charge in [-0.25, -0.2) is 0 Å². The molecule has 1 unspecified atom stereocenters. The van der Waals surface area contributed by atoms with Gasteiger partial charge in [0.2, 0.25) is 0 Å². The van der Waals surface area contributed by atoms with E-state index in [1.54, 1.807) is 11.3 Å². The van der Waals surface area contributed by atoms with Gasteiger partial charge in [0.15, 0.2) is 5.96 Å². The monoisotopic (exact) mass is 475 g/mol. The smallest absolute Gasteiger partial charge is 0.191 e. The van der Waals surface area contributed by atoms with Gasteiger partial charge in [0.25, 0.3) is 0 Å². The molecule has 0 saturated carbocycles. The van der Waals surface area contributed by atoms with E-state index in [0.717, 1.165) is 38.7 Å². The number of hydrogen-bond donors (Lipinski definition) is 2. The van der Waals surface area contributed by atoms with Crippen LogP contribution in [-0.2, 0) is 6.54 Å². The van der Waals surface area contributed by atoms with Crippen molar-refractivity contribution >= 4 is 41.3 Å². The first-order valence-corrected chi connectivity index (χ1v) is 9.54. The molecular weight excluding hydrogens is 445 g/mol. The predicted octanol–water partition coefficient (Wildman–Crippen LogP) is 3.42. The lowest BCUT2D eigenvalue weighted by Crippen LogP contribution is -2.43. The van der Waals surface area contributed by atoms with Gasteiger partial charge in [-0.3, -0.25) is 9.89 Å². The van der Waals surface area contributed by atoms with Gasteiger partial charge < -0.3 is 15.2 Å². The Kier molecular flexibility index (Phi) is 10.8. The van der Waals surface area contributed by atoms with E-state index in [0.29, 0.717) is 6.04 Å². The minimum atomic E-state index is 0. The zero-order chi connectivity index (χ0) is 17.2. The van der Waals surface area contributed by atoms with Crippen molar-refractivity contribution in [2.24, 2.45) is 4.99 Å². The van der Waals surface area contributed by atoms with Gasteiger partial charge >= 0.3 is 0 Å². The van der Waals surface area contributed by atoms with Crippen molar-refractivity contribution < 1.29 is 0 Å². The van der Waals surface area contributed by atoms with Crippen LogP contribution in [0.2, 0.25) is 0 Å². The molecule has 0 aliphatic heterocycles. The molecule has 0 aromatic carbocycles. The minimum Gasteiger partial charge on any atom is -0.355 e. The maximum absolute atomic E-state index is 4.34. The molecule has 140 valence electrons. The first-order valence-electron chi connectivity index (χ1n) is 8.59. The Morgan fingerprint density at radius 3 is 2.52 bits per heavy atom. The van der Waals surface area contributed by atoms with Crippen LogP contribution < -0.4 is 10.6 Å². The molecule has 5 nitrogen and oxygen atoms in total. The predicted molar refractivity (Wildman–Crippen MR) is 119 cm³/mol. The molecule has 0 spiro atoms. The molecule has 0 fully saturated rings. The first-order chi connectivity index (χ1) is 11.8. The Labute approximate surface area is 172 Å². The summed E-state index contributed by atoms with van der Waals surface area (Å²) in [6, 6.07) is 6.68. The van der Waals surface area contributed by atoms with E-state index in [4.69, 9.17) is 0 Å². The highest BCUT2D eigenvalue weighted by atomic mass is 127. The second-order valence-electron chi connectivity index (χ2n) is 5.59. The maximum Gasteiger partial charge on any atom is 0.191 e. The second-order valence-corrected chi connectivity index (χ2v) is 6.37. The number of nitrogens with one attached hydrogen (secondary N) is 2. The van der Waals surface area contributed by atoms with Crippen LogP contribution in [0.4, 0.5) is 0 Å². The topological polar surface area (TPSA) is 44.6 Å². The highest BCUT2D eigenvalue weighted by molar-refractivity contribution is 14.0. The molecular formula is C18H30IN5S. The summed E-state index contributed by atoms with van der Waals surface area (Å²) in [6.45, 7) is 9.14. The van der Waals surface area contributed by atoms with E-state index in [2.05, 4.69) is 68.2 Å². The fourth-order valence-corrected chi connectivity index (χ4v) is 3.53. The van der Waals surface area contributed by atoms with Gasteiger partial charge in [0.05, 0.1) is 6.04 Å². The quantitative estimate of drug-likeness (QED) is 0.332. The third kappa shape index (κ3) is 6.99. The third-order valence-corrected chi connectivity index (χ3v) is 4.90. The van der Waals surface area contributed by atoms with E-state index < -0.39 is 0 Å². The number of thiophene rings is 1. The molecule has 0 saturated heterocycles. The average Bonchev–Trinajstić information content (AvgIpc) is 3.30. The number of rotatable bonds is 9. The van der Waals surface area contributed by atoms with Crippen LogP contribution in [0.1, 0.15) is 25.5 Å². The largest absolute Gasteiger partial charge is 0.355 e. The summed E-state index contributed by atoms with van der Waals surface area (Å²) in [7, 11) is 1.82. The van der Waals surface area contributed by atoms with Crippen LogP contribution in [0.15, 0.2) is 46.3 Å². The van der Waals surface area contributed by atoms with E-state index in [9.17, 15) is 0 Å². The molecule has 2 N–H and O–H groups in total. The van der Waals surface area contributed by atoms with E-state index in [1.807, 2.05) is 19.2 Å². The van der Waals surface area contributed by atoms with Gasteiger partial charge in [-0.1, -0.05) is 13.8 Å². The molecule has 7 heteroatoms. The Hall–Kier alpha value is -1.06. The summed E-state index contributed by atoms with van der Waals surface area (Å²) in [6.07, 6.45) is 4.15. The van der Waals surface area contributed by atoms with Gasteiger partial charge in [-0.2, -0.15) is 11.3 Å². The van der Waals surface area contributed by atoms with Crippen LogP contribution in [-0.4, -0.2) is 48.7 Å². The van der Waals surface area contributed by atoms with Gasteiger partial charge in [-0.15, -0.1) is 24.0 Å². The van der Waals surface area contributed by atoms with Crippen LogP contribution >= 0.6 is 35.3 Å². The van der Waals surface area contributed by atoms with Crippen molar-refractivity contribution in [3.63, 3.8) is 0 Å². The summed E-state index contributed by atoms with van der Waals surface area (Å²) in [5.41, 5.74) is 1.37. The number of guanidine groups is 1. The molecule has 2 aromatic rings. The van der Waals surface area contributed by atoms with Crippen LogP contribution in [0.5, 0.6) is 0 Å². The normalized spacial score (nSPS) is 12.7. The van der Waals surface area contributed by atoms with Crippen molar-refractivity contribution in [2.75, 3.05) is 33.2 Å². The molecule has 0 radical (unpaired) electrons. The Balaban J connectivity index is 0.00000312. The first kappa shape index (κ1) is 22.0. The average molecular weight is 475 g/mol. The Bertz CT molecular complexity index is 579. The molecule has 0 bridgehead atoms. The van der Waals surface area contributed by atoms with Crippen LogP contribution in [0.3, 0.4) is 0 Å². The van der Waals surface area contributed by atoms with Crippen molar-refractivity contribution in [1.29, 1.82) is 0 Å². The van der Waals surface area contributed by atoms with E-state index in [-0.39, 0.29) is 24.0 Å². The molecule has 25 heavy (non-hydrogen) atoms. The van der Waals surface area contributed by atoms with Gasteiger partial charge in [0.1, 0.15) is 0 Å². The third-order valence-electron chi connectivity index (χ3n) is 4.20. The van der Waals surface area contributed by atoms with Gasteiger partial charge in [0, 0.05) is 39.1 Å². The van der Waals surface area contributed by atoms with Crippen LogP contribution in [0, 0.1) is 0 Å². The zero-order valence-electron chi connectivity index (χ0n) is 15.3. The van der Waals surface area contributed by atoms with Gasteiger partial charge in [-0.05, 0) is 47.6 Å². The Morgan fingerprint density at radius 2 is 1.96 bits per heavy atom. The number of nitrogens with zero attached hydrogens (tertiary/aromatic N) is 3. The zero-order valence-corrected chi connectivity index (χ0v) is 18.5. The highest BCUT2D eigenvalue weighted by Crippen LogP contribution is 2.22. The number of halogens is 1. The van der Waals surface area contributed by atoms with E-state index >= 15 is 0 Å². The number of hydrogen-bond acceptors (Lipinski definition) is 3. The summed E-state index contributed by atoms with van der Waals surface area (Å²) in [5.74, 6) is 0.856. The lowest BCUT2D eigenvalue weighted by atomic mass is 10.1. The lowest BCUT2D eigenvalue weighted by Gasteiger charge is -2.30. The summed E-state index contributed by atoms with van der Waals surface area (Å²) < 4.78 is 2.16. The second kappa shape index (κ2) is 12.3. The van der Waals surface area contributed by atoms with E-state index in [1.165, 1.54) is 5.56 Å². The molecule has 2 aromatic heterocycles. The lowest BCUT2D eigenvalue weighted by molar-refractivity contribution is 0.219. The number of likely N-dealkylation sites (N-methyl/N-ethyl adjacent to an activating group) is 1. The number of aromatic nitrogens is 1. The maximum atomic E-state index is 4.34. The van der Waals surface area contributed by atoms with Crippen molar-refractivity contribution in [2.45, 2.75) is 26.4 Å². The highest BCUT2D eigenvalue weighted by Gasteiger charge is 2.18. The number of aliphatic imine (C=N–C) groups is 1. The SMILES string of the molecule is CCN(CC)C(CNC(=NC)NCCn1cccc1)c1ccsc1.I.